The number of hydrogen-bond acceptors (Lipinski definition) is 5. The topological polar surface area (TPSA) is 90.0 Å². The Hall–Kier alpha value is -4.21. The number of nitrogens with one attached hydrogen (secondary N) is 1. The highest BCUT2D eigenvalue weighted by atomic mass is 19.4. The average molecular weight is 482 g/mol. The molecule has 2 aromatic carbocycles. The third-order valence-corrected chi connectivity index (χ3v) is 5.28. The van der Waals surface area contributed by atoms with Crippen molar-refractivity contribution in [2.45, 2.75) is 26.4 Å². The number of alkyl halides is 3. The number of aryl methyl sites for hydroxylation is 2. The van der Waals surface area contributed by atoms with Gasteiger partial charge in [0, 0.05) is 30.3 Å². The van der Waals surface area contributed by atoms with Crippen LogP contribution in [0.15, 0.2) is 70.1 Å². The van der Waals surface area contributed by atoms with E-state index in [1.165, 1.54) is 31.4 Å². The SMILES string of the molecule is Cc1ccc(-c2nc(CCNC(=O)c3nn(-c4ccccc4C(F)(F)F)c(C)cc3=O)co2)cc1. The van der Waals surface area contributed by atoms with E-state index in [0.717, 1.165) is 27.9 Å². The van der Waals surface area contributed by atoms with Crippen molar-refractivity contribution in [1.82, 2.24) is 20.1 Å². The molecule has 0 saturated carbocycles. The molecular weight excluding hydrogens is 461 g/mol. The maximum Gasteiger partial charge on any atom is 0.418 e. The van der Waals surface area contributed by atoms with Gasteiger partial charge in [-0.2, -0.15) is 18.3 Å². The van der Waals surface area contributed by atoms with Crippen LogP contribution >= 0.6 is 0 Å². The van der Waals surface area contributed by atoms with Crippen LogP contribution in [0.25, 0.3) is 17.1 Å². The summed E-state index contributed by atoms with van der Waals surface area (Å²) >= 11 is 0. The molecule has 0 fully saturated rings. The lowest BCUT2D eigenvalue weighted by Crippen LogP contribution is -2.33. The molecule has 0 saturated heterocycles. The molecule has 0 radical (unpaired) electrons. The molecule has 2 aromatic heterocycles. The molecule has 1 amide bonds. The fourth-order valence-corrected chi connectivity index (χ4v) is 3.48. The lowest BCUT2D eigenvalue weighted by molar-refractivity contribution is -0.137. The van der Waals surface area contributed by atoms with Crippen LogP contribution in [-0.2, 0) is 12.6 Å². The van der Waals surface area contributed by atoms with Crippen LogP contribution in [0.5, 0.6) is 0 Å². The van der Waals surface area contributed by atoms with E-state index in [9.17, 15) is 22.8 Å². The van der Waals surface area contributed by atoms with Gasteiger partial charge in [-0.15, -0.1) is 0 Å². The Morgan fingerprint density at radius 1 is 1.09 bits per heavy atom. The van der Waals surface area contributed by atoms with Gasteiger partial charge < -0.3 is 9.73 Å². The van der Waals surface area contributed by atoms with Crippen LogP contribution in [0.1, 0.15) is 33.0 Å². The highest BCUT2D eigenvalue weighted by Gasteiger charge is 2.34. The molecule has 2 heterocycles. The third-order valence-electron chi connectivity index (χ3n) is 5.28. The lowest BCUT2D eigenvalue weighted by Gasteiger charge is -2.16. The van der Waals surface area contributed by atoms with E-state index in [0.29, 0.717) is 18.0 Å². The average Bonchev–Trinajstić information content (AvgIpc) is 3.28. The van der Waals surface area contributed by atoms with Crippen molar-refractivity contribution in [3.8, 4) is 17.1 Å². The summed E-state index contributed by atoms with van der Waals surface area (Å²) in [5.41, 5.74) is 0.266. The van der Waals surface area contributed by atoms with Crippen molar-refractivity contribution in [2.24, 2.45) is 0 Å². The van der Waals surface area contributed by atoms with Crippen LogP contribution in [0.3, 0.4) is 0 Å². The molecular formula is C25H21F3N4O3. The molecule has 10 heteroatoms. The first-order valence-corrected chi connectivity index (χ1v) is 10.7. The quantitative estimate of drug-likeness (QED) is 0.437. The molecule has 4 rings (SSSR count). The van der Waals surface area contributed by atoms with Crippen molar-refractivity contribution >= 4 is 5.91 Å². The number of para-hydroxylation sites is 1. The Balaban J connectivity index is 1.49. The van der Waals surface area contributed by atoms with Crippen molar-refractivity contribution < 1.29 is 22.4 Å². The largest absolute Gasteiger partial charge is 0.444 e. The number of amides is 1. The van der Waals surface area contributed by atoms with Gasteiger partial charge in [-0.3, -0.25) is 9.59 Å². The molecule has 7 nitrogen and oxygen atoms in total. The Kier molecular flexibility index (Phi) is 6.54. The first kappa shape index (κ1) is 23.9. The lowest BCUT2D eigenvalue weighted by atomic mass is 10.1. The molecule has 4 aromatic rings. The van der Waals surface area contributed by atoms with Crippen molar-refractivity contribution in [2.75, 3.05) is 6.54 Å². The van der Waals surface area contributed by atoms with Gasteiger partial charge in [0.2, 0.25) is 11.3 Å². The van der Waals surface area contributed by atoms with E-state index in [4.69, 9.17) is 4.42 Å². The standard InChI is InChI=1S/C25H21F3N4O3/c1-15-7-9-17(10-8-15)24-30-18(14-35-24)11-12-29-23(34)22-21(33)13-16(2)32(31-22)20-6-4-3-5-19(20)25(26,27)28/h3-10,13-14H,11-12H2,1-2H3,(H,29,34). The zero-order valence-electron chi connectivity index (χ0n) is 18.9. The van der Waals surface area contributed by atoms with E-state index >= 15 is 0 Å². The summed E-state index contributed by atoms with van der Waals surface area (Å²) in [6, 6.07) is 13.6. The minimum Gasteiger partial charge on any atom is -0.444 e. The maximum atomic E-state index is 13.5. The van der Waals surface area contributed by atoms with Crippen LogP contribution in [0, 0.1) is 13.8 Å². The Bertz CT molecular complexity index is 1420. The van der Waals surface area contributed by atoms with Gasteiger partial charge in [-0.05, 0) is 38.1 Å². The number of hydrogen-bond donors (Lipinski definition) is 1. The molecule has 0 aliphatic rings. The second-order valence-electron chi connectivity index (χ2n) is 7.94. The summed E-state index contributed by atoms with van der Waals surface area (Å²) in [7, 11) is 0. The van der Waals surface area contributed by atoms with Gasteiger partial charge >= 0.3 is 6.18 Å². The third kappa shape index (κ3) is 5.32. The molecule has 0 atom stereocenters. The molecule has 0 spiro atoms. The summed E-state index contributed by atoms with van der Waals surface area (Å²) in [6.45, 7) is 3.53. The van der Waals surface area contributed by atoms with E-state index < -0.39 is 28.8 Å². The predicted octanol–water partition coefficient (Wildman–Crippen LogP) is 4.50. The molecule has 0 aliphatic heterocycles. The van der Waals surface area contributed by atoms with E-state index in [1.807, 2.05) is 31.2 Å². The van der Waals surface area contributed by atoms with Gasteiger partial charge in [0.05, 0.1) is 16.9 Å². The number of nitrogens with zero attached hydrogens (tertiary/aromatic N) is 3. The summed E-state index contributed by atoms with van der Waals surface area (Å²) in [5, 5.41) is 6.52. The van der Waals surface area contributed by atoms with Crippen LogP contribution in [-0.4, -0.2) is 27.2 Å². The Morgan fingerprint density at radius 3 is 2.51 bits per heavy atom. The van der Waals surface area contributed by atoms with E-state index in [2.05, 4.69) is 15.4 Å². The zero-order valence-corrected chi connectivity index (χ0v) is 18.9. The number of halogens is 3. The van der Waals surface area contributed by atoms with Gasteiger partial charge in [0.1, 0.15) is 6.26 Å². The Labute approximate surface area is 198 Å². The van der Waals surface area contributed by atoms with Crippen LogP contribution in [0.2, 0.25) is 0 Å². The summed E-state index contributed by atoms with van der Waals surface area (Å²) < 4.78 is 46.8. The second kappa shape index (κ2) is 9.57. The minimum atomic E-state index is -4.63. The molecule has 35 heavy (non-hydrogen) atoms. The summed E-state index contributed by atoms with van der Waals surface area (Å²) in [6.07, 6.45) is -2.84. The Morgan fingerprint density at radius 2 is 1.80 bits per heavy atom. The van der Waals surface area contributed by atoms with E-state index in [1.54, 1.807) is 0 Å². The predicted molar refractivity (Wildman–Crippen MR) is 122 cm³/mol. The van der Waals surface area contributed by atoms with Crippen LogP contribution in [0.4, 0.5) is 13.2 Å². The maximum absolute atomic E-state index is 13.5. The van der Waals surface area contributed by atoms with Gasteiger partial charge in [-0.1, -0.05) is 29.8 Å². The molecule has 180 valence electrons. The normalized spacial score (nSPS) is 11.5. The number of carbonyl (C=O) groups is 1. The fraction of sp³-hybridized carbons (Fsp3) is 0.200. The van der Waals surface area contributed by atoms with Gasteiger partial charge in [0.15, 0.2) is 5.69 Å². The van der Waals surface area contributed by atoms with Crippen LogP contribution < -0.4 is 10.7 Å². The molecule has 0 aliphatic carbocycles. The number of benzene rings is 2. The highest BCUT2D eigenvalue weighted by Crippen LogP contribution is 2.33. The summed E-state index contributed by atoms with van der Waals surface area (Å²) in [5.74, 6) is -0.353. The van der Waals surface area contributed by atoms with Gasteiger partial charge in [0.25, 0.3) is 5.91 Å². The van der Waals surface area contributed by atoms with E-state index in [-0.39, 0.29) is 17.9 Å². The fourth-order valence-electron chi connectivity index (χ4n) is 3.48. The highest BCUT2D eigenvalue weighted by molar-refractivity contribution is 5.92. The molecule has 0 bridgehead atoms. The summed E-state index contributed by atoms with van der Waals surface area (Å²) in [4.78, 5) is 29.4. The minimum absolute atomic E-state index is 0.118. The van der Waals surface area contributed by atoms with Gasteiger partial charge in [-0.25, -0.2) is 9.67 Å². The second-order valence-corrected chi connectivity index (χ2v) is 7.94. The monoisotopic (exact) mass is 482 g/mol. The van der Waals surface area contributed by atoms with Crippen molar-refractivity contribution in [3.05, 3.63) is 99.3 Å². The van der Waals surface area contributed by atoms with Crippen molar-refractivity contribution in [1.29, 1.82) is 0 Å². The molecule has 1 N–H and O–H groups in total. The number of aromatic nitrogens is 3. The zero-order chi connectivity index (χ0) is 25.2. The van der Waals surface area contributed by atoms with Crippen molar-refractivity contribution in [3.63, 3.8) is 0 Å². The first-order valence-electron chi connectivity index (χ1n) is 10.7. The number of carbonyl (C=O) groups excluding carboxylic acids is 1. The number of oxazole rings is 1. The molecule has 0 unspecified atom stereocenters. The number of rotatable bonds is 6. The first-order chi connectivity index (χ1) is 16.6. The smallest absolute Gasteiger partial charge is 0.418 e.